The third-order valence-electron chi connectivity index (χ3n) is 2.77. The third kappa shape index (κ3) is 3.82. The van der Waals surface area contributed by atoms with Crippen molar-refractivity contribution in [3.63, 3.8) is 0 Å². The Bertz CT molecular complexity index is 637. The summed E-state index contributed by atoms with van der Waals surface area (Å²) in [4.78, 5) is 29.1. The van der Waals surface area contributed by atoms with Gasteiger partial charge in [0.2, 0.25) is 5.95 Å². The van der Waals surface area contributed by atoms with Crippen LogP contribution >= 0.6 is 0 Å². The van der Waals surface area contributed by atoms with Crippen LogP contribution < -0.4 is 5.32 Å². The molecule has 0 saturated heterocycles. The molecule has 7 heteroatoms. The summed E-state index contributed by atoms with van der Waals surface area (Å²) in [5.74, 6) is -1.09. The number of carbonyl (C=O) groups is 2. The van der Waals surface area contributed by atoms with Crippen molar-refractivity contribution in [2.45, 2.75) is 20.0 Å². The second-order valence-corrected chi connectivity index (χ2v) is 4.26. The molecule has 1 aromatic carbocycles. The van der Waals surface area contributed by atoms with Gasteiger partial charge in [0.25, 0.3) is 0 Å². The van der Waals surface area contributed by atoms with E-state index in [1.54, 1.807) is 6.92 Å². The molecule has 0 radical (unpaired) electrons. The lowest BCUT2D eigenvalue weighted by Crippen LogP contribution is -2.14. The number of nitrogens with zero attached hydrogens (tertiary/aromatic N) is 1. The van der Waals surface area contributed by atoms with Gasteiger partial charge in [-0.3, -0.25) is 5.32 Å². The molecule has 7 nitrogen and oxygen atoms in total. The number of carbonyl (C=O) groups excluding carboxylic acids is 1. The number of H-pyrrole nitrogens is 1. The zero-order valence-corrected chi connectivity index (χ0v) is 11.4. The average molecular weight is 289 g/mol. The van der Waals surface area contributed by atoms with Crippen molar-refractivity contribution in [3.05, 3.63) is 47.3 Å². The van der Waals surface area contributed by atoms with Crippen molar-refractivity contribution >= 4 is 18.0 Å². The van der Waals surface area contributed by atoms with E-state index >= 15 is 0 Å². The number of anilines is 1. The molecule has 2 rings (SSSR count). The number of aromatic carboxylic acids is 1. The number of hydrogen-bond acceptors (Lipinski definition) is 4. The van der Waals surface area contributed by atoms with Crippen LogP contribution in [0.15, 0.2) is 30.3 Å². The first-order valence-electron chi connectivity index (χ1n) is 6.40. The monoisotopic (exact) mass is 289 g/mol. The summed E-state index contributed by atoms with van der Waals surface area (Å²) < 4.78 is 5.02. The summed E-state index contributed by atoms with van der Waals surface area (Å²) in [5, 5.41) is 11.3. The lowest BCUT2D eigenvalue weighted by Gasteiger charge is -2.04. The van der Waals surface area contributed by atoms with Crippen LogP contribution in [0, 0.1) is 0 Å². The number of carboxylic acid groups (broad SMARTS) is 1. The largest absolute Gasteiger partial charge is 0.476 e. The van der Waals surface area contributed by atoms with Gasteiger partial charge in [0.05, 0.1) is 5.69 Å². The Morgan fingerprint density at radius 2 is 2.05 bits per heavy atom. The van der Waals surface area contributed by atoms with Gasteiger partial charge in [-0.1, -0.05) is 37.3 Å². The van der Waals surface area contributed by atoms with Crippen molar-refractivity contribution in [3.8, 4) is 0 Å². The Morgan fingerprint density at radius 3 is 2.62 bits per heavy atom. The van der Waals surface area contributed by atoms with Gasteiger partial charge >= 0.3 is 12.1 Å². The predicted octanol–water partition coefficient (Wildman–Crippen LogP) is 2.42. The normalized spacial score (nSPS) is 10.1. The highest BCUT2D eigenvalue weighted by molar-refractivity contribution is 5.89. The van der Waals surface area contributed by atoms with Gasteiger partial charge in [0, 0.05) is 0 Å². The van der Waals surface area contributed by atoms with E-state index in [4.69, 9.17) is 9.84 Å². The van der Waals surface area contributed by atoms with Gasteiger partial charge in [0.1, 0.15) is 6.61 Å². The van der Waals surface area contributed by atoms with Crippen molar-refractivity contribution in [1.82, 2.24) is 9.97 Å². The number of aromatic amines is 1. The van der Waals surface area contributed by atoms with E-state index in [0.29, 0.717) is 12.1 Å². The van der Waals surface area contributed by atoms with E-state index in [9.17, 15) is 9.59 Å². The minimum atomic E-state index is -1.14. The van der Waals surface area contributed by atoms with Gasteiger partial charge in [-0.25, -0.2) is 14.6 Å². The van der Waals surface area contributed by atoms with Gasteiger partial charge in [0.15, 0.2) is 5.69 Å². The van der Waals surface area contributed by atoms with Crippen LogP contribution in [0.3, 0.4) is 0 Å². The first kappa shape index (κ1) is 14.6. The minimum Gasteiger partial charge on any atom is -0.476 e. The van der Waals surface area contributed by atoms with Crippen molar-refractivity contribution in [2.75, 3.05) is 5.32 Å². The minimum absolute atomic E-state index is 0.0577. The average Bonchev–Trinajstić information content (AvgIpc) is 2.89. The molecule has 3 N–H and O–H groups in total. The van der Waals surface area contributed by atoms with Crippen LogP contribution in [0.2, 0.25) is 0 Å². The number of aromatic nitrogens is 2. The lowest BCUT2D eigenvalue weighted by molar-refractivity contribution is 0.0689. The maximum absolute atomic E-state index is 11.6. The maximum atomic E-state index is 11.6. The van der Waals surface area contributed by atoms with Crippen LogP contribution in [-0.4, -0.2) is 27.1 Å². The fraction of sp³-hybridized carbons (Fsp3) is 0.214. The van der Waals surface area contributed by atoms with Crippen LogP contribution in [0.25, 0.3) is 0 Å². The molecule has 0 atom stereocenters. The van der Waals surface area contributed by atoms with Crippen LogP contribution in [-0.2, 0) is 17.8 Å². The SMILES string of the molecule is CCc1[nH]c(NC(=O)OCc2ccccc2)nc1C(=O)O. The van der Waals surface area contributed by atoms with Gasteiger partial charge < -0.3 is 14.8 Å². The number of aryl methyl sites for hydroxylation is 1. The second-order valence-electron chi connectivity index (χ2n) is 4.26. The van der Waals surface area contributed by atoms with Crippen molar-refractivity contribution < 1.29 is 19.4 Å². The van der Waals surface area contributed by atoms with Gasteiger partial charge in [-0.05, 0) is 12.0 Å². The summed E-state index contributed by atoms with van der Waals surface area (Å²) in [6.07, 6.45) is -0.234. The molecular formula is C14H15N3O4. The van der Waals surface area contributed by atoms with Gasteiger partial charge in [-0.2, -0.15) is 0 Å². The molecule has 0 spiro atoms. The number of hydrogen-bond donors (Lipinski definition) is 3. The molecule has 0 fully saturated rings. The Kier molecular flexibility index (Phi) is 4.55. The number of nitrogens with one attached hydrogen (secondary N) is 2. The van der Waals surface area contributed by atoms with E-state index in [1.165, 1.54) is 0 Å². The topological polar surface area (TPSA) is 104 Å². The summed E-state index contributed by atoms with van der Waals surface area (Å²) in [6.45, 7) is 1.91. The van der Waals surface area contributed by atoms with Crippen molar-refractivity contribution in [2.24, 2.45) is 0 Å². The van der Waals surface area contributed by atoms with E-state index < -0.39 is 12.1 Å². The number of carboxylic acids is 1. The summed E-state index contributed by atoms with van der Waals surface area (Å²) in [6, 6.07) is 9.22. The summed E-state index contributed by atoms with van der Waals surface area (Å²) in [5.41, 5.74) is 1.20. The van der Waals surface area contributed by atoms with Crippen LogP contribution in [0.4, 0.5) is 10.7 Å². The number of ether oxygens (including phenoxy) is 1. The standard InChI is InChI=1S/C14H15N3O4/c1-2-10-11(12(18)19)16-13(15-10)17-14(20)21-8-9-6-4-3-5-7-9/h3-7H,2,8H2,1H3,(H,18,19)(H2,15,16,17,20). The zero-order valence-electron chi connectivity index (χ0n) is 11.4. The number of amides is 1. The van der Waals surface area contributed by atoms with Gasteiger partial charge in [-0.15, -0.1) is 0 Å². The Hall–Kier alpha value is -2.83. The molecule has 110 valence electrons. The smallest absolute Gasteiger partial charge is 0.414 e. The molecular weight excluding hydrogens is 274 g/mol. The molecule has 21 heavy (non-hydrogen) atoms. The molecule has 1 amide bonds. The van der Waals surface area contributed by atoms with E-state index in [2.05, 4.69) is 15.3 Å². The van der Waals surface area contributed by atoms with Crippen LogP contribution in [0.1, 0.15) is 28.7 Å². The summed E-state index contributed by atoms with van der Waals surface area (Å²) in [7, 11) is 0. The highest BCUT2D eigenvalue weighted by Crippen LogP contribution is 2.11. The van der Waals surface area contributed by atoms with E-state index in [-0.39, 0.29) is 18.2 Å². The van der Waals surface area contributed by atoms with E-state index in [1.807, 2.05) is 30.3 Å². The van der Waals surface area contributed by atoms with Crippen molar-refractivity contribution in [1.29, 1.82) is 0 Å². The Labute approximate surface area is 121 Å². The molecule has 0 bridgehead atoms. The lowest BCUT2D eigenvalue weighted by atomic mass is 10.2. The molecule has 1 heterocycles. The maximum Gasteiger partial charge on any atom is 0.414 e. The molecule has 0 unspecified atom stereocenters. The Morgan fingerprint density at radius 1 is 1.33 bits per heavy atom. The highest BCUT2D eigenvalue weighted by atomic mass is 16.5. The molecule has 0 saturated carbocycles. The van der Waals surface area contributed by atoms with E-state index in [0.717, 1.165) is 5.56 Å². The quantitative estimate of drug-likeness (QED) is 0.784. The number of rotatable bonds is 5. The molecule has 0 aliphatic rings. The first-order chi connectivity index (χ1) is 10.1. The predicted molar refractivity (Wildman–Crippen MR) is 75.2 cm³/mol. The Balaban J connectivity index is 1.95. The van der Waals surface area contributed by atoms with Crippen LogP contribution in [0.5, 0.6) is 0 Å². The fourth-order valence-corrected chi connectivity index (χ4v) is 1.76. The third-order valence-corrected chi connectivity index (χ3v) is 2.77. The first-order valence-corrected chi connectivity index (χ1v) is 6.40. The molecule has 0 aliphatic heterocycles. The molecule has 0 aliphatic carbocycles. The number of imidazole rings is 1. The molecule has 2 aromatic rings. The second kappa shape index (κ2) is 6.56. The fourth-order valence-electron chi connectivity index (χ4n) is 1.76. The summed E-state index contributed by atoms with van der Waals surface area (Å²) >= 11 is 0. The zero-order chi connectivity index (χ0) is 15.2. The number of benzene rings is 1. The highest BCUT2D eigenvalue weighted by Gasteiger charge is 2.16. The molecule has 1 aromatic heterocycles.